The van der Waals surface area contributed by atoms with Crippen LogP contribution in [-0.4, -0.2) is 42.6 Å². The molecule has 0 aliphatic carbocycles. The summed E-state index contributed by atoms with van der Waals surface area (Å²) in [5.74, 6) is 1.04. The number of hydrogen-bond acceptors (Lipinski definition) is 6. The molecule has 10 heteroatoms. The lowest BCUT2D eigenvalue weighted by molar-refractivity contribution is 0.100. The molecule has 0 saturated carbocycles. The molecule has 2 aromatic carbocycles. The fourth-order valence-electron chi connectivity index (χ4n) is 4.01. The molecule has 3 aromatic rings. The lowest BCUT2D eigenvalue weighted by Gasteiger charge is -2.15. The molecule has 1 atom stereocenters. The summed E-state index contributed by atoms with van der Waals surface area (Å²) in [6, 6.07) is 13.4. The van der Waals surface area contributed by atoms with Crippen LogP contribution < -0.4 is 10.0 Å². The van der Waals surface area contributed by atoms with Crippen LogP contribution in [0.4, 0.5) is 4.79 Å². The highest BCUT2D eigenvalue weighted by Crippen LogP contribution is 2.30. The van der Waals surface area contributed by atoms with Crippen LogP contribution in [0.25, 0.3) is 11.1 Å². The van der Waals surface area contributed by atoms with E-state index in [1.165, 1.54) is 17.8 Å². The maximum absolute atomic E-state index is 13.0. The van der Waals surface area contributed by atoms with Gasteiger partial charge in [0.15, 0.2) is 5.78 Å². The maximum Gasteiger partial charge on any atom is 0.328 e. The molecular formula is C27H34N4O4S2. The summed E-state index contributed by atoms with van der Waals surface area (Å²) in [4.78, 5) is 29.3. The van der Waals surface area contributed by atoms with Gasteiger partial charge in [0.2, 0.25) is 0 Å². The van der Waals surface area contributed by atoms with E-state index in [9.17, 15) is 18.0 Å². The van der Waals surface area contributed by atoms with Gasteiger partial charge in [0.05, 0.1) is 4.90 Å². The Labute approximate surface area is 223 Å². The summed E-state index contributed by atoms with van der Waals surface area (Å²) in [7, 11) is -4.08. The summed E-state index contributed by atoms with van der Waals surface area (Å²) in [5, 5.41) is 3.25. The van der Waals surface area contributed by atoms with Gasteiger partial charge in [-0.3, -0.25) is 4.79 Å². The van der Waals surface area contributed by atoms with Gasteiger partial charge in [-0.15, -0.1) is 11.8 Å². The Morgan fingerprint density at radius 3 is 2.35 bits per heavy atom. The van der Waals surface area contributed by atoms with Gasteiger partial charge in [-0.2, -0.15) is 0 Å². The van der Waals surface area contributed by atoms with Gasteiger partial charge >= 0.3 is 6.03 Å². The van der Waals surface area contributed by atoms with Crippen molar-refractivity contribution in [2.75, 3.05) is 12.8 Å². The molecule has 3 rings (SSSR count). The molecule has 0 aliphatic heterocycles. The van der Waals surface area contributed by atoms with E-state index in [2.05, 4.69) is 23.9 Å². The average molecular weight is 543 g/mol. The number of aromatic nitrogens is 2. The molecule has 198 valence electrons. The summed E-state index contributed by atoms with van der Waals surface area (Å²) in [5.41, 5.74) is 2.75. The van der Waals surface area contributed by atoms with E-state index < -0.39 is 16.1 Å². The molecule has 2 amide bonds. The molecule has 8 nitrogen and oxygen atoms in total. The molecule has 0 fully saturated rings. The standard InChI is InChI=1S/C27H34N4O4S2/c1-6-16-28-27(33)30-37(34,35)23-11-9-8-10-22(23)21-14-12-20(13-15-21)17-31-24(19(4)32)26(36-5)29-25(31)18(3)7-2/h8-15,18H,6-7,16-17H2,1-5H3,(H2,28,30,33). The van der Waals surface area contributed by atoms with Crippen molar-refractivity contribution in [1.29, 1.82) is 0 Å². The van der Waals surface area contributed by atoms with Gasteiger partial charge < -0.3 is 9.88 Å². The van der Waals surface area contributed by atoms with Gasteiger partial charge in [0.25, 0.3) is 10.0 Å². The second-order valence-electron chi connectivity index (χ2n) is 8.83. The number of carbonyl (C=O) groups is 2. The summed E-state index contributed by atoms with van der Waals surface area (Å²) in [6.07, 6.45) is 3.51. The number of hydrogen-bond donors (Lipinski definition) is 2. The number of rotatable bonds is 11. The third kappa shape index (κ3) is 6.61. The van der Waals surface area contributed by atoms with E-state index in [-0.39, 0.29) is 16.6 Å². The van der Waals surface area contributed by atoms with E-state index in [4.69, 9.17) is 4.98 Å². The highest BCUT2D eigenvalue weighted by Gasteiger charge is 2.24. The van der Waals surface area contributed by atoms with Gasteiger partial charge in [0, 0.05) is 31.5 Å². The SMILES string of the molecule is CCCNC(=O)NS(=O)(=O)c1ccccc1-c1ccc(Cn2c(C(C)CC)nc(SC)c2C(C)=O)cc1. The van der Waals surface area contributed by atoms with Crippen LogP contribution in [0.15, 0.2) is 58.5 Å². The van der Waals surface area contributed by atoms with E-state index >= 15 is 0 Å². The summed E-state index contributed by atoms with van der Waals surface area (Å²) >= 11 is 1.47. The molecule has 1 aromatic heterocycles. The Hall–Kier alpha value is -3.11. The minimum absolute atomic E-state index is 0.0199. The number of thioether (sulfide) groups is 1. The largest absolute Gasteiger partial charge is 0.337 e. The Bertz CT molecular complexity index is 1370. The number of imidazole rings is 1. The first-order chi connectivity index (χ1) is 17.6. The summed E-state index contributed by atoms with van der Waals surface area (Å²) in [6.45, 7) is 8.49. The zero-order valence-corrected chi connectivity index (χ0v) is 23.5. The fourth-order valence-corrected chi connectivity index (χ4v) is 5.80. The molecular weight excluding hydrogens is 508 g/mol. The van der Waals surface area contributed by atoms with E-state index in [0.717, 1.165) is 22.8 Å². The van der Waals surface area contributed by atoms with Crippen LogP contribution in [0.5, 0.6) is 0 Å². The Morgan fingerprint density at radius 1 is 1.08 bits per heavy atom. The predicted molar refractivity (Wildman–Crippen MR) is 148 cm³/mol. The van der Waals surface area contributed by atoms with E-state index in [1.807, 2.05) is 42.0 Å². The number of sulfonamides is 1. The molecule has 1 unspecified atom stereocenters. The Balaban J connectivity index is 1.94. The zero-order valence-electron chi connectivity index (χ0n) is 21.9. The Morgan fingerprint density at radius 2 is 1.76 bits per heavy atom. The quantitative estimate of drug-likeness (QED) is 0.247. The third-order valence-electron chi connectivity index (χ3n) is 6.09. The van der Waals surface area contributed by atoms with Crippen molar-refractivity contribution in [2.45, 2.75) is 62.9 Å². The lowest BCUT2D eigenvalue weighted by Crippen LogP contribution is -2.39. The first-order valence-corrected chi connectivity index (χ1v) is 15.0. The van der Waals surface area contributed by atoms with Crippen molar-refractivity contribution in [3.05, 3.63) is 65.6 Å². The van der Waals surface area contributed by atoms with Crippen LogP contribution >= 0.6 is 11.8 Å². The van der Waals surface area contributed by atoms with Crippen molar-refractivity contribution in [2.24, 2.45) is 0 Å². The van der Waals surface area contributed by atoms with E-state index in [1.54, 1.807) is 25.1 Å². The van der Waals surface area contributed by atoms with Gasteiger partial charge in [-0.05, 0) is 36.3 Å². The lowest BCUT2D eigenvalue weighted by atomic mass is 10.0. The van der Waals surface area contributed by atoms with Gasteiger partial charge in [-0.1, -0.05) is 63.2 Å². The number of carbonyl (C=O) groups excluding carboxylic acids is 2. The summed E-state index contributed by atoms with van der Waals surface area (Å²) < 4.78 is 30.0. The highest BCUT2D eigenvalue weighted by molar-refractivity contribution is 7.98. The third-order valence-corrected chi connectivity index (χ3v) is 8.15. The molecule has 2 N–H and O–H groups in total. The highest BCUT2D eigenvalue weighted by atomic mass is 32.2. The number of Topliss-reactive ketones (excluding diaryl/α,β-unsaturated/α-hetero) is 1. The smallest absolute Gasteiger partial charge is 0.328 e. The van der Waals surface area contributed by atoms with Crippen LogP contribution in [0, 0.1) is 0 Å². The number of ketones is 1. The molecule has 0 aliphatic rings. The first kappa shape index (κ1) is 28.5. The molecule has 0 radical (unpaired) electrons. The number of nitrogens with one attached hydrogen (secondary N) is 2. The number of benzene rings is 2. The van der Waals surface area contributed by atoms with E-state index in [0.29, 0.717) is 36.3 Å². The maximum atomic E-state index is 13.0. The van der Waals surface area contributed by atoms with Crippen molar-refractivity contribution in [3.63, 3.8) is 0 Å². The van der Waals surface area contributed by atoms with Crippen molar-refractivity contribution >= 4 is 33.6 Å². The Kier molecular flexibility index (Phi) is 9.56. The average Bonchev–Trinajstić information content (AvgIpc) is 3.25. The van der Waals surface area contributed by atoms with Gasteiger partial charge in [0.1, 0.15) is 16.5 Å². The van der Waals surface area contributed by atoms with Crippen molar-refractivity contribution in [3.8, 4) is 11.1 Å². The topological polar surface area (TPSA) is 110 Å². The molecule has 0 spiro atoms. The fraction of sp³-hybridized carbons (Fsp3) is 0.370. The minimum atomic E-state index is -4.08. The molecule has 0 saturated heterocycles. The first-order valence-electron chi connectivity index (χ1n) is 12.3. The molecule has 0 bridgehead atoms. The monoisotopic (exact) mass is 542 g/mol. The van der Waals surface area contributed by atoms with Crippen LogP contribution in [0.3, 0.4) is 0 Å². The predicted octanol–water partition coefficient (Wildman–Crippen LogP) is 5.43. The normalized spacial score (nSPS) is 12.2. The number of amides is 2. The molecule has 1 heterocycles. The van der Waals surface area contributed by atoms with Crippen LogP contribution in [0.2, 0.25) is 0 Å². The minimum Gasteiger partial charge on any atom is -0.337 e. The molecule has 37 heavy (non-hydrogen) atoms. The van der Waals surface area contributed by atoms with Gasteiger partial charge in [-0.25, -0.2) is 22.9 Å². The van der Waals surface area contributed by atoms with Crippen molar-refractivity contribution < 1.29 is 18.0 Å². The van der Waals surface area contributed by atoms with Crippen LogP contribution in [-0.2, 0) is 16.6 Å². The number of urea groups is 1. The zero-order chi connectivity index (χ0) is 27.2. The second-order valence-corrected chi connectivity index (χ2v) is 11.3. The number of nitrogens with zero attached hydrogens (tertiary/aromatic N) is 2. The second kappa shape index (κ2) is 12.4. The van der Waals surface area contributed by atoms with Crippen LogP contribution in [0.1, 0.15) is 68.3 Å². The van der Waals surface area contributed by atoms with Crippen molar-refractivity contribution in [1.82, 2.24) is 19.6 Å².